The zero-order valence-electron chi connectivity index (χ0n) is 16.9. The van der Waals surface area contributed by atoms with Gasteiger partial charge in [0.1, 0.15) is 17.4 Å². The lowest BCUT2D eigenvalue weighted by Crippen LogP contribution is -2.14. The summed E-state index contributed by atoms with van der Waals surface area (Å²) >= 11 is 12.0. The molecule has 0 aliphatic heterocycles. The van der Waals surface area contributed by atoms with Crippen molar-refractivity contribution in [2.75, 3.05) is 11.9 Å². The van der Waals surface area contributed by atoms with E-state index >= 15 is 0 Å². The Morgan fingerprint density at radius 1 is 1.23 bits per heavy atom. The van der Waals surface area contributed by atoms with Crippen LogP contribution >= 0.6 is 23.2 Å². The van der Waals surface area contributed by atoms with Crippen LogP contribution in [0.2, 0.25) is 10.0 Å². The number of anilines is 1. The third kappa shape index (κ3) is 6.99. The van der Waals surface area contributed by atoms with Crippen molar-refractivity contribution in [3.05, 3.63) is 67.7 Å². The van der Waals surface area contributed by atoms with Crippen molar-refractivity contribution in [1.82, 2.24) is 0 Å². The maximum Gasteiger partial charge on any atom is 0.272 e. The summed E-state index contributed by atoms with van der Waals surface area (Å²) in [7, 11) is 0. The Kier molecular flexibility index (Phi) is 9.32. The third-order valence-electron chi connectivity index (χ3n) is 4.32. The smallest absolute Gasteiger partial charge is 0.272 e. The van der Waals surface area contributed by atoms with Crippen LogP contribution in [0.5, 0.6) is 5.75 Å². The summed E-state index contributed by atoms with van der Waals surface area (Å²) in [5, 5.41) is 22.6. The Bertz CT molecular complexity index is 1010. The van der Waals surface area contributed by atoms with Gasteiger partial charge in [0.15, 0.2) is 0 Å². The van der Waals surface area contributed by atoms with Crippen LogP contribution in [0.1, 0.15) is 38.2 Å². The Labute approximate surface area is 190 Å². The number of hydrogen-bond acceptors (Lipinski definition) is 5. The van der Waals surface area contributed by atoms with E-state index in [1.807, 2.05) is 6.07 Å². The van der Waals surface area contributed by atoms with Crippen molar-refractivity contribution in [3.63, 3.8) is 0 Å². The highest BCUT2D eigenvalue weighted by Gasteiger charge is 2.18. The van der Waals surface area contributed by atoms with E-state index in [0.29, 0.717) is 17.9 Å². The molecule has 0 aliphatic rings. The second kappa shape index (κ2) is 11.9. The second-order valence-corrected chi connectivity index (χ2v) is 7.43. The summed E-state index contributed by atoms with van der Waals surface area (Å²) in [6.07, 6.45) is 5.65. The topological polar surface area (TPSA) is 105 Å². The van der Waals surface area contributed by atoms with Crippen LogP contribution in [0.4, 0.5) is 11.4 Å². The third-order valence-corrected chi connectivity index (χ3v) is 4.91. The van der Waals surface area contributed by atoms with E-state index in [0.717, 1.165) is 37.8 Å². The molecule has 1 N–H and O–H groups in total. The minimum atomic E-state index is -0.752. The molecule has 0 saturated carbocycles. The number of unbranched alkanes of at least 4 members (excludes halogenated alkanes) is 3. The number of ether oxygens (including phenoxy) is 1. The predicted molar refractivity (Wildman–Crippen MR) is 121 cm³/mol. The van der Waals surface area contributed by atoms with E-state index in [9.17, 15) is 20.2 Å². The van der Waals surface area contributed by atoms with Gasteiger partial charge >= 0.3 is 0 Å². The minimum absolute atomic E-state index is 0.0134. The molecule has 162 valence electrons. The van der Waals surface area contributed by atoms with E-state index in [4.69, 9.17) is 27.9 Å². The molecule has 2 aromatic carbocycles. The van der Waals surface area contributed by atoms with Gasteiger partial charge in [-0.2, -0.15) is 5.26 Å². The summed E-state index contributed by atoms with van der Waals surface area (Å²) in [6, 6.07) is 11.1. The van der Waals surface area contributed by atoms with E-state index in [1.54, 1.807) is 24.3 Å². The second-order valence-electron chi connectivity index (χ2n) is 6.61. The molecule has 0 heterocycles. The Morgan fingerprint density at radius 2 is 1.90 bits per heavy atom. The quantitative estimate of drug-likeness (QED) is 0.144. The van der Waals surface area contributed by atoms with Gasteiger partial charge in [0.05, 0.1) is 27.3 Å². The number of para-hydroxylation sites is 1. The fraction of sp³-hybridized carbons (Fsp3) is 0.273. The number of nitro groups is 1. The highest BCUT2D eigenvalue weighted by atomic mass is 35.5. The average molecular weight is 462 g/mol. The number of benzene rings is 2. The number of nitriles is 1. The molecule has 0 fully saturated rings. The molecular formula is C22H21Cl2N3O4. The van der Waals surface area contributed by atoms with Crippen LogP contribution < -0.4 is 10.1 Å². The summed E-state index contributed by atoms with van der Waals surface area (Å²) in [5.41, 5.74) is 0.0488. The Balaban J connectivity index is 2.20. The predicted octanol–water partition coefficient (Wildman–Crippen LogP) is 6.41. The van der Waals surface area contributed by atoms with Crippen molar-refractivity contribution < 1.29 is 14.5 Å². The van der Waals surface area contributed by atoms with Crippen LogP contribution in [0.3, 0.4) is 0 Å². The number of carbonyl (C=O) groups is 1. The molecular weight excluding hydrogens is 441 g/mol. The summed E-state index contributed by atoms with van der Waals surface area (Å²) in [4.78, 5) is 22.9. The minimum Gasteiger partial charge on any atom is -0.493 e. The van der Waals surface area contributed by atoms with Gasteiger partial charge < -0.3 is 10.1 Å². The molecule has 0 atom stereocenters. The van der Waals surface area contributed by atoms with Crippen molar-refractivity contribution in [1.29, 1.82) is 5.26 Å². The summed E-state index contributed by atoms with van der Waals surface area (Å²) in [5.74, 6) is -0.191. The molecule has 0 aromatic heterocycles. The molecule has 31 heavy (non-hydrogen) atoms. The molecule has 0 saturated heterocycles. The molecule has 0 spiro atoms. The highest BCUT2D eigenvalue weighted by molar-refractivity contribution is 6.40. The number of halogens is 2. The van der Waals surface area contributed by atoms with Gasteiger partial charge in [-0.15, -0.1) is 0 Å². The van der Waals surface area contributed by atoms with Crippen LogP contribution in [0.25, 0.3) is 6.08 Å². The lowest BCUT2D eigenvalue weighted by molar-refractivity contribution is -0.384. The summed E-state index contributed by atoms with van der Waals surface area (Å²) in [6.45, 7) is 2.67. The fourth-order valence-electron chi connectivity index (χ4n) is 2.71. The van der Waals surface area contributed by atoms with Gasteiger partial charge in [-0.1, -0.05) is 67.6 Å². The number of nitrogens with one attached hydrogen (secondary N) is 1. The zero-order chi connectivity index (χ0) is 22.8. The van der Waals surface area contributed by atoms with Crippen molar-refractivity contribution in [2.24, 2.45) is 0 Å². The molecule has 0 radical (unpaired) electrons. The average Bonchev–Trinajstić information content (AvgIpc) is 2.74. The number of carbonyl (C=O) groups excluding carboxylic acids is 1. The lowest BCUT2D eigenvalue weighted by atomic mass is 10.1. The number of nitrogens with zero attached hydrogens (tertiary/aromatic N) is 2. The van der Waals surface area contributed by atoms with Gasteiger partial charge in [-0.05, 0) is 18.6 Å². The van der Waals surface area contributed by atoms with Crippen molar-refractivity contribution in [3.8, 4) is 11.8 Å². The largest absolute Gasteiger partial charge is 0.493 e. The van der Waals surface area contributed by atoms with Gasteiger partial charge in [0.25, 0.3) is 11.6 Å². The molecule has 7 nitrogen and oxygen atoms in total. The normalized spacial score (nSPS) is 11.0. The number of hydrogen-bond donors (Lipinski definition) is 1. The van der Waals surface area contributed by atoms with Crippen LogP contribution in [0, 0.1) is 21.4 Å². The molecule has 0 unspecified atom stereocenters. The van der Waals surface area contributed by atoms with Gasteiger partial charge in [0.2, 0.25) is 0 Å². The van der Waals surface area contributed by atoms with E-state index in [1.165, 1.54) is 6.08 Å². The first-order chi connectivity index (χ1) is 14.9. The Hall–Kier alpha value is -3.08. The molecule has 2 aromatic rings. The van der Waals surface area contributed by atoms with E-state index < -0.39 is 10.8 Å². The van der Waals surface area contributed by atoms with E-state index in [2.05, 4.69) is 12.2 Å². The fourth-order valence-corrected chi connectivity index (χ4v) is 3.28. The monoisotopic (exact) mass is 461 g/mol. The first-order valence-corrected chi connectivity index (χ1v) is 10.4. The van der Waals surface area contributed by atoms with Gasteiger partial charge in [-0.25, -0.2) is 0 Å². The van der Waals surface area contributed by atoms with Gasteiger partial charge in [0, 0.05) is 17.7 Å². The molecule has 0 bridgehead atoms. The van der Waals surface area contributed by atoms with Crippen LogP contribution in [-0.4, -0.2) is 17.4 Å². The molecule has 2 rings (SSSR count). The maximum absolute atomic E-state index is 12.6. The number of nitro benzene ring substituents is 1. The first kappa shape index (κ1) is 24.2. The number of amides is 1. The SMILES string of the molecule is CCCCCCOc1ccccc1/C=C(\C#N)C(=O)Nc1c(Cl)cc([N+](=O)[O-])cc1Cl. The van der Waals surface area contributed by atoms with Crippen molar-refractivity contribution in [2.45, 2.75) is 32.6 Å². The van der Waals surface area contributed by atoms with Crippen LogP contribution in [0.15, 0.2) is 42.0 Å². The molecule has 9 heteroatoms. The molecule has 1 amide bonds. The summed E-state index contributed by atoms with van der Waals surface area (Å²) < 4.78 is 5.81. The first-order valence-electron chi connectivity index (χ1n) is 9.65. The van der Waals surface area contributed by atoms with Crippen LogP contribution in [-0.2, 0) is 4.79 Å². The van der Waals surface area contributed by atoms with Crippen molar-refractivity contribution >= 4 is 46.6 Å². The van der Waals surface area contributed by atoms with E-state index in [-0.39, 0.29) is 27.0 Å². The standard InChI is InChI=1S/C22H21Cl2N3O4/c1-2-3-4-7-10-31-20-9-6-5-8-15(20)11-16(14-25)22(28)26-21-18(23)12-17(27(29)30)13-19(21)24/h5-6,8-9,11-13H,2-4,7,10H2,1H3,(H,26,28)/b16-11+. The van der Waals surface area contributed by atoms with Gasteiger partial charge in [-0.3, -0.25) is 14.9 Å². The Morgan fingerprint density at radius 3 is 2.52 bits per heavy atom. The lowest BCUT2D eigenvalue weighted by Gasteiger charge is -2.11. The highest BCUT2D eigenvalue weighted by Crippen LogP contribution is 2.35. The number of rotatable bonds is 10. The number of non-ortho nitro benzene ring substituents is 1. The maximum atomic E-state index is 12.6. The zero-order valence-corrected chi connectivity index (χ0v) is 18.4. The molecule has 0 aliphatic carbocycles.